The first kappa shape index (κ1) is 34.6. The Balaban J connectivity index is 1.27. The maximum Gasteiger partial charge on any atom is 0.182 e. The van der Waals surface area contributed by atoms with Crippen LogP contribution in [-0.4, -0.2) is 41.2 Å². The normalized spacial score (nSPS) is 24.9. The molecule has 266 valence electrons. The van der Waals surface area contributed by atoms with Crippen molar-refractivity contribution < 1.29 is 34.3 Å². The Labute approximate surface area is 296 Å². The molecule has 50 heavy (non-hydrogen) atoms. The van der Waals surface area contributed by atoms with E-state index in [1.807, 2.05) is 30.3 Å². The number of ether oxygens (including phenoxy) is 4. The highest BCUT2D eigenvalue weighted by Crippen LogP contribution is 2.54. The molecule has 0 bridgehead atoms. The summed E-state index contributed by atoms with van der Waals surface area (Å²) < 4.78 is 25.4. The number of aliphatic hydroxyl groups excluding tert-OH is 2. The zero-order valence-corrected chi connectivity index (χ0v) is 30.0. The van der Waals surface area contributed by atoms with Crippen LogP contribution >= 0.6 is 0 Å². The van der Waals surface area contributed by atoms with Crippen molar-refractivity contribution in [3.05, 3.63) is 64.2 Å². The molecule has 3 N–H and O–H groups in total. The second kappa shape index (κ2) is 14.8. The molecule has 0 spiro atoms. The van der Waals surface area contributed by atoms with Crippen LogP contribution in [0.4, 0.5) is 0 Å². The smallest absolute Gasteiger partial charge is 0.182 e. The number of fused-ring (bicyclic) bond motifs is 7. The third-order valence-electron chi connectivity index (χ3n) is 11.3. The van der Waals surface area contributed by atoms with Gasteiger partial charge in [-0.05, 0) is 108 Å². The minimum Gasteiger partial charge on any atom is -0.508 e. The van der Waals surface area contributed by atoms with E-state index in [0.29, 0.717) is 36.0 Å². The molecule has 7 nitrogen and oxygen atoms in total. The molecule has 0 radical (unpaired) electrons. The van der Waals surface area contributed by atoms with E-state index in [-0.39, 0.29) is 30.5 Å². The van der Waals surface area contributed by atoms with Gasteiger partial charge in [0.15, 0.2) is 11.5 Å². The molecule has 1 fully saturated rings. The Hall–Kier alpha value is -3.86. The number of methoxy groups -OCH3 is 1. The molecular formula is C43H52O7. The second-order valence-electron chi connectivity index (χ2n) is 15.4. The van der Waals surface area contributed by atoms with Crippen LogP contribution in [0, 0.1) is 29.8 Å². The van der Waals surface area contributed by atoms with Gasteiger partial charge < -0.3 is 34.3 Å². The Morgan fingerprint density at radius 2 is 1.86 bits per heavy atom. The number of phenolic OH excluding ortho intramolecular Hbond substituents is 1. The number of phenols is 1. The average Bonchev–Trinajstić information content (AvgIpc) is 3.19. The molecule has 2 aliphatic carbocycles. The molecule has 2 aliphatic heterocycles. The van der Waals surface area contributed by atoms with Gasteiger partial charge >= 0.3 is 0 Å². The Morgan fingerprint density at radius 1 is 1.00 bits per heavy atom. The van der Waals surface area contributed by atoms with Crippen LogP contribution in [0.5, 0.6) is 28.7 Å². The van der Waals surface area contributed by atoms with Crippen LogP contribution in [0.2, 0.25) is 0 Å². The summed E-state index contributed by atoms with van der Waals surface area (Å²) >= 11 is 0. The Bertz CT molecular complexity index is 1770. The molecule has 7 heteroatoms. The second-order valence-corrected chi connectivity index (χ2v) is 15.4. The molecule has 1 saturated carbocycles. The predicted octanol–water partition coefficient (Wildman–Crippen LogP) is 8.42. The van der Waals surface area contributed by atoms with Gasteiger partial charge in [0, 0.05) is 42.6 Å². The summed E-state index contributed by atoms with van der Waals surface area (Å²) in [5.74, 6) is 7.27. The van der Waals surface area contributed by atoms with Crippen molar-refractivity contribution in [3.63, 3.8) is 0 Å². The minimum absolute atomic E-state index is 0.0740. The van der Waals surface area contributed by atoms with Crippen molar-refractivity contribution >= 4 is 0 Å². The third kappa shape index (κ3) is 6.77. The van der Waals surface area contributed by atoms with Crippen LogP contribution < -0.4 is 18.9 Å². The number of benzene rings is 3. The van der Waals surface area contributed by atoms with Crippen LogP contribution in [0.1, 0.15) is 112 Å². The lowest BCUT2D eigenvalue weighted by Gasteiger charge is -2.38. The zero-order chi connectivity index (χ0) is 34.9. The number of aliphatic hydroxyl groups is 2. The summed E-state index contributed by atoms with van der Waals surface area (Å²) in [5, 5.41) is 32.8. The van der Waals surface area contributed by atoms with Crippen molar-refractivity contribution in [1.82, 2.24) is 0 Å². The molecule has 0 saturated heterocycles. The van der Waals surface area contributed by atoms with Crippen LogP contribution in [0.3, 0.4) is 0 Å². The first-order valence-corrected chi connectivity index (χ1v) is 18.8. The van der Waals surface area contributed by atoms with Gasteiger partial charge in [-0.3, -0.25) is 0 Å². The number of aromatic hydroxyl groups is 1. The number of rotatable bonds is 9. The highest BCUT2D eigenvalue weighted by molar-refractivity contribution is 5.83. The largest absolute Gasteiger partial charge is 0.508 e. The van der Waals surface area contributed by atoms with Crippen molar-refractivity contribution in [2.45, 2.75) is 116 Å². The third-order valence-corrected chi connectivity index (χ3v) is 11.3. The van der Waals surface area contributed by atoms with E-state index in [9.17, 15) is 15.3 Å². The quantitative estimate of drug-likeness (QED) is 0.154. The van der Waals surface area contributed by atoms with E-state index in [0.717, 1.165) is 103 Å². The lowest BCUT2D eigenvalue weighted by Crippen LogP contribution is -2.35. The highest BCUT2D eigenvalue weighted by atomic mass is 16.5. The fraction of sp³-hybridized carbons (Fsp3) is 0.535. The van der Waals surface area contributed by atoms with Gasteiger partial charge in [0.1, 0.15) is 35.6 Å². The van der Waals surface area contributed by atoms with Gasteiger partial charge in [0.25, 0.3) is 0 Å². The lowest BCUT2D eigenvalue weighted by atomic mass is 9.72. The first-order chi connectivity index (χ1) is 24.3. The first-order valence-electron chi connectivity index (χ1n) is 18.8. The highest BCUT2D eigenvalue weighted by Gasteiger charge is 2.39. The lowest BCUT2D eigenvalue weighted by molar-refractivity contribution is 0.0195. The Kier molecular flexibility index (Phi) is 10.2. The molecule has 7 rings (SSSR count). The molecular weight excluding hydrogens is 628 g/mol. The number of hydrogen-bond acceptors (Lipinski definition) is 7. The molecule has 0 aromatic heterocycles. The van der Waals surface area contributed by atoms with E-state index in [2.05, 4.69) is 38.9 Å². The average molecular weight is 681 g/mol. The van der Waals surface area contributed by atoms with Gasteiger partial charge in [0.2, 0.25) is 0 Å². The topological polar surface area (TPSA) is 97.6 Å². The maximum absolute atomic E-state index is 11.9. The molecule has 4 aliphatic rings. The maximum atomic E-state index is 11.9. The van der Waals surface area contributed by atoms with Crippen molar-refractivity contribution in [3.8, 4) is 51.9 Å². The monoisotopic (exact) mass is 680 g/mol. The fourth-order valence-corrected chi connectivity index (χ4v) is 8.78. The molecule has 2 heterocycles. The van der Waals surface area contributed by atoms with Crippen LogP contribution in [0.25, 0.3) is 11.1 Å². The van der Waals surface area contributed by atoms with Crippen LogP contribution in [-0.2, 0) is 19.3 Å². The molecule has 3 aromatic rings. The van der Waals surface area contributed by atoms with Crippen LogP contribution in [0.15, 0.2) is 36.4 Å². The minimum atomic E-state index is -0.787. The van der Waals surface area contributed by atoms with Gasteiger partial charge in [0.05, 0.1) is 13.2 Å². The fourth-order valence-electron chi connectivity index (χ4n) is 8.78. The summed E-state index contributed by atoms with van der Waals surface area (Å²) in [6.45, 7) is 6.72. The van der Waals surface area contributed by atoms with Gasteiger partial charge in [-0.25, -0.2) is 0 Å². The standard InChI is InChI=1S/C43H52O7/c1-5-6-7-9-28-18-30-20-34(45)31(16-25(2)3)19-32(30)42-40(47-4)23-38-33(41(28)42)22-35(46)43(50-38)29-13-14-36-39(21-29)49-37-17-26(24-44)11-12-27(37)10-8-15-48-36/h13-14,19-21,23,25-28,35,37,43-46H,5-7,9-12,16-18,22,24H2,1-4H3/t26-,27-,28-,35+,37+,43-/m0/s1. The summed E-state index contributed by atoms with van der Waals surface area (Å²) in [7, 11) is 1.71. The molecule has 0 unspecified atom stereocenters. The Morgan fingerprint density at radius 3 is 2.64 bits per heavy atom. The zero-order valence-electron chi connectivity index (χ0n) is 30.0. The van der Waals surface area contributed by atoms with E-state index in [1.165, 1.54) is 5.56 Å². The van der Waals surface area contributed by atoms with Gasteiger partial charge in [-0.1, -0.05) is 52.0 Å². The number of unbranched alkanes of at least 4 members (excludes halogenated alkanes) is 2. The molecule has 6 atom stereocenters. The van der Waals surface area contributed by atoms with E-state index >= 15 is 0 Å². The van der Waals surface area contributed by atoms with Gasteiger partial charge in [-0.15, -0.1) is 0 Å². The molecule has 3 aromatic carbocycles. The van der Waals surface area contributed by atoms with Gasteiger partial charge in [-0.2, -0.15) is 0 Å². The summed E-state index contributed by atoms with van der Waals surface area (Å²) in [4.78, 5) is 0. The van der Waals surface area contributed by atoms with Crippen molar-refractivity contribution in [2.24, 2.45) is 17.8 Å². The van der Waals surface area contributed by atoms with E-state index < -0.39 is 12.2 Å². The van der Waals surface area contributed by atoms with Crippen molar-refractivity contribution in [1.29, 1.82) is 0 Å². The number of hydrogen-bond donors (Lipinski definition) is 3. The summed E-state index contributed by atoms with van der Waals surface area (Å²) in [6.07, 6.45) is 11.3. The van der Waals surface area contributed by atoms with E-state index in [4.69, 9.17) is 18.9 Å². The summed E-state index contributed by atoms with van der Waals surface area (Å²) in [5.41, 5.74) is 7.34. The SMILES string of the molecule is CCCCC[C@H]1Cc2cc(O)c(CC(C)C)cc2-c2c(OC)cc3c(c21)C[C@@H](O)[C@H](c1ccc2c(c1)O[C@@H]1C[C@@H](CO)CC[C@@H]1CC#CO2)O3. The van der Waals surface area contributed by atoms with E-state index in [1.54, 1.807) is 7.11 Å². The molecule has 0 amide bonds. The summed E-state index contributed by atoms with van der Waals surface area (Å²) in [6, 6.07) is 11.9. The van der Waals surface area contributed by atoms with Crippen molar-refractivity contribution in [2.75, 3.05) is 13.7 Å². The predicted molar refractivity (Wildman–Crippen MR) is 194 cm³/mol.